The lowest BCUT2D eigenvalue weighted by Crippen LogP contribution is -2.37. The van der Waals surface area contributed by atoms with E-state index in [9.17, 15) is 4.79 Å². The highest BCUT2D eigenvalue weighted by atomic mass is 16.1. The molecule has 6 heteroatoms. The van der Waals surface area contributed by atoms with Gasteiger partial charge in [-0.05, 0) is 61.9 Å². The minimum atomic E-state index is -0.362. The van der Waals surface area contributed by atoms with E-state index in [1.54, 1.807) is 12.3 Å². The SMILES string of the molecule is Cc1cc(-n2ccc(N)nc2=O)ccc1CN[C@H]1CC[C@H](N)CC1. The summed E-state index contributed by atoms with van der Waals surface area (Å²) < 4.78 is 1.50. The molecule has 0 atom stereocenters. The Labute approximate surface area is 141 Å². The third-order valence-electron chi connectivity index (χ3n) is 4.78. The van der Waals surface area contributed by atoms with Crippen LogP contribution in [0.3, 0.4) is 0 Å². The monoisotopic (exact) mass is 327 g/mol. The van der Waals surface area contributed by atoms with Crippen LogP contribution in [0, 0.1) is 6.92 Å². The minimum Gasteiger partial charge on any atom is -0.383 e. The minimum absolute atomic E-state index is 0.237. The summed E-state index contributed by atoms with van der Waals surface area (Å²) in [6, 6.07) is 8.56. The topological polar surface area (TPSA) is 99.0 Å². The molecular weight excluding hydrogens is 302 g/mol. The summed E-state index contributed by atoms with van der Waals surface area (Å²) in [4.78, 5) is 15.7. The highest BCUT2D eigenvalue weighted by Crippen LogP contribution is 2.19. The zero-order valence-corrected chi connectivity index (χ0v) is 14.0. The summed E-state index contributed by atoms with van der Waals surface area (Å²) in [6.07, 6.45) is 6.14. The van der Waals surface area contributed by atoms with E-state index in [4.69, 9.17) is 11.5 Å². The Morgan fingerprint density at radius 3 is 2.67 bits per heavy atom. The molecule has 0 aliphatic heterocycles. The van der Waals surface area contributed by atoms with Crippen molar-refractivity contribution in [3.05, 3.63) is 52.1 Å². The van der Waals surface area contributed by atoms with Gasteiger partial charge in [-0.15, -0.1) is 0 Å². The predicted octanol–water partition coefficient (Wildman–Crippen LogP) is 1.48. The zero-order chi connectivity index (χ0) is 17.1. The molecule has 6 nitrogen and oxygen atoms in total. The quantitative estimate of drug-likeness (QED) is 0.790. The van der Waals surface area contributed by atoms with Crippen molar-refractivity contribution in [2.24, 2.45) is 5.73 Å². The average Bonchev–Trinajstić information content (AvgIpc) is 2.55. The Morgan fingerprint density at radius 2 is 2.00 bits per heavy atom. The van der Waals surface area contributed by atoms with Crippen LogP contribution in [-0.2, 0) is 6.54 Å². The number of nitrogens with two attached hydrogens (primary N) is 2. The molecule has 24 heavy (non-hydrogen) atoms. The summed E-state index contributed by atoms with van der Waals surface area (Å²) in [5.74, 6) is 0.237. The maximum absolute atomic E-state index is 11.9. The van der Waals surface area contributed by atoms with Gasteiger partial charge in [-0.3, -0.25) is 4.57 Å². The highest BCUT2D eigenvalue weighted by Gasteiger charge is 2.18. The number of hydrogen-bond acceptors (Lipinski definition) is 5. The van der Waals surface area contributed by atoms with Gasteiger partial charge in [0.05, 0.1) is 5.69 Å². The van der Waals surface area contributed by atoms with Crippen molar-refractivity contribution in [1.82, 2.24) is 14.9 Å². The summed E-state index contributed by atoms with van der Waals surface area (Å²) >= 11 is 0. The molecule has 1 aliphatic rings. The fraction of sp³-hybridized carbons (Fsp3) is 0.444. The average molecular weight is 327 g/mol. The second kappa shape index (κ2) is 7.15. The van der Waals surface area contributed by atoms with Gasteiger partial charge in [-0.2, -0.15) is 4.98 Å². The van der Waals surface area contributed by atoms with E-state index in [1.807, 2.05) is 12.1 Å². The van der Waals surface area contributed by atoms with E-state index in [2.05, 4.69) is 23.3 Å². The van der Waals surface area contributed by atoms with Crippen molar-refractivity contribution >= 4 is 5.82 Å². The number of anilines is 1. The molecule has 3 rings (SSSR count). The summed E-state index contributed by atoms with van der Waals surface area (Å²) in [5.41, 5.74) is 14.3. The molecule has 0 saturated heterocycles. The molecule has 1 saturated carbocycles. The van der Waals surface area contributed by atoms with Crippen LogP contribution in [0.1, 0.15) is 36.8 Å². The molecule has 5 N–H and O–H groups in total. The number of aryl methyl sites for hydroxylation is 1. The van der Waals surface area contributed by atoms with Crippen molar-refractivity contribution in [3.63, 3.8) is 0 Å². The van der Waals surface area contributed by atoms with Crippen LogP contribution in [0.15, 0.2) is 35.3 Å². The smallest absolute Gasteiger partial charge is 0.354 e. The molecular formula is C18H25N5O. The van der Waals surface area contributed by atoms with Crippen molar-refractivity contribution < 1.29 is 0 Å². The summed E-state index contributed by atoms with van der Waals surface area (Å²) in [6.45, 7) is 2.90. The molecule has 0 bridgehead atoms. The van der Waals surface area contributed by atoms with Gasteiger partial charge in [0.1, 0.15) is 5.82 Å². The van der Waals surface area contributed by atoms with E-state index >= 15 is 0 Å². The van der Waals surface area contributed by atoms with Gasteiger partial charge in [0.2, 0.25) is 0 Å². The molecule has 1 heterocycles. The largest absolute Gasteiger partial charge is 0.383 e. The van der Waals surface area contributed by atoms with E-state index in [-0.39, 0.29) is 11.5 Å². The second-order valence-corrected chi connectivity index (χ2v) is 6.61. The molecule has 2 aromatic rings. The van der Waals surface area contributed by atoms with Gasteiger partial charge in [-0.1, -0.05) is 6.07 Å². The Bertz CT molecular complexity index is 762. The van der Waals surface area contributed by atoms with Gasteiger partial charge >= 0.3 is 5.69 Å². The fourth-order valence-corrected chi connectivity index (χ4v) is 3.22. The van der Waals surface area contributed by atoms with Crippen LogP contribution in [0.4, 0.5) is 5.82 Å². The van der Waals surface area contributed by atoms with E-state index in [0.29, 0.717) is 12.1 Å². The van der Waals surface area contributed by atoms with Crippen LogP contribution in [-0.4, -0.2) is 21.6 Å². The molecule has 1 aliphatic carbocycles. The Kier molecular flexibility index (Phi) is 4.97. The van der Waals surface area contributed by atoms with Gasteiger partial charge in [0.25, 0.3) is 0 Å². The van der Waals surface area contributed by atoms with Crippen molar-refractivity contribution in [2.75, 3.05) is 5.73 Å². The van der Waals surface area contributed by atoms with Crippen LogP contribution < -0.4 is 22.5 Å². The zero-order valence-electron chi connectivity index (χ0n) is 14.0. The summed E-state index contributed by atoms with van der Waals surface area (Å²) in [7, 11) is 0. The number of hydrogen-bond donors (Lipinski definition) is 3. The lowest BCUT2D eigenvalue weighted by molar-refractivity contribution is 0.341. The van der Waals surface area contributed by atoms with E-state index < -0.39 is 0 Å². The number of nitrogen functional groups attached to an aromatic ring is 1. The number of benzene rings is 1. The lowest BCUT2D eigenvalue weighted by atomic mass is 9.91. The number of nitrogens with zero attached hydrogens (tertiary/aromatic N) is 2. The maximum Gasteiger partial charge on any atom is 0.354 e. The highest BCUT2D eigenvalue weighted by molar-refractivity contribution is 5.41. The second-order valence-electron chi connectivity index (χ2n) is 6.61. The van der Waals surface area contributed by atoms with Gasteiger partial charge in [-0.25, -0.2) is 4.79 Å². The third-order valence-corrected chi connectivity index (χ3v) is 4.78. The van der Waals surface area contributed by atoms with E-state index in [1.165, 1.54) is 10.1 Å². The molecule has 1 aromatic carbocycles. The van der Waals surface area contributed by atoms with Crippen molar-refractivity contribution in [2.45, 2.75) is 51.2 Å². The molecule has 0 unspecified atom stereocenters. The first-order chi connectivity index (χ1) is 11.5. The molecule has 1 aromatic heterocycles. The Balaban J connectivity index is 1.69. The molecule has 1 fully saturated rings. The van der Waals surface area contributed by atoms with Gasteiger partial charge < -0.3 is 16.8 Å². The predicted molar refractivity (Wildman–Crippen MR) is 96.1 cm³/mol. The van der Waals surface area contributed by atoms with Crippen LogP contribution in [0.25, 0.3) is 5.69 Å². The van der Waals surface area contributed by atoms with Crippen LogP contribution in [0.2, 0.25) is 0 Å². The van der Waals surface area contributed by atoms with Crippen molar-refractivity contribution in [3.8, 4) is 5.69 Å². The number of aromatic nitrogens is 2. The normalized spacial score (nSPS) is 20.9. The first kappa shape index (κ1) is 16.7. The Morgan fingerprint density at radius 1 is 1.25 bits per heavy atom. The molecule has 0 spiro atoms. The Hall–Kier alpha value is -2.18. The standard InChI is InChI=1S/C18H25N5O/c1-12-10-16(23-9-8-17(20)22-18(23)24)7-2-13(12)11-21-15-5-3-14(19)4-6-15/h2,7-10,14-15,21H,3-6,11,19H2,1H3,(H2,20,22,24)/t14-,15-. The number of nitrogens with one attached hydrogen (secondary N) is 1. The van der Waals surface area contributed by atoms with Gasteiger partial charge in [0, 0.05) is 24.8 Å². The third kappa shape index (κ3) is 3.83. The maximum atomic E-state index is 11.9. The lowest BCUT2D eigenvalue weighted by Gasteiger charge is -2.27. The molecule has 128 valence electrons. The first-order valence-electron chi connectivity index (χ1n) is 8.47. The fourth-order valence-electron chi connectivity index (χ4n) is 3.22. The van der Waals surface area contributed by atoms with E-state index in [0.717, 1.165) is 43.5 Å². The molecule has 0 amide bonds. The first-order valence-corrected chi connectivity index (χ1v) is 8.47. The summed E-state index contributed by atoms with van der Waals surface area (Å²) in [5, 5.41) is 3.62. The van der Waals surface area contributed by atoms with Crippen LogP contribution in [0.5, 0.6) is 0 Å². The van der Waals surface area contributed by atoms with Crippen molar-refractivity contribution in [1.29, 1.82) is 0 Å². The van der Waals surface area contributed by atoms with Crippen LogP contribution >= 0.6 is 0 Å². The number of rotatable bonds is 4. The molecule has 0 radical (unpaired) electrons. The van der Waals surface area contributed by atoms with Gasteiger partial charge in [0.15, 0.2) is 0 Å².